The summed E-state index contributed by atoms with van der Waals surface area (Å²) < 4.78 is 31.3. The lowest BCUT2D eigenvalue weighted by molar-refractivity contribution is 0.406. The zero-order valence-corrected chi connectivity index (χ0v) is 11.8. The molecule has 0 saturated carbocycles. The van der Waals surface area contributed by atoms with Gasteiger partial charge in [-0.1, -0.05) is 32.9 Å². The van der Waals surface area contributed by atoms with Gasteiger partial charge in [0.2, 0.25) is 5.88 Å². The van der Waals surface area contributed by atoms with Gasteiger partial charge in [-0.2, -0.15) is 9.37 Å². The van der Waals surface area contributed by atoms with Crippen molar-refractivity contribution in [3.63, 3.8) is 0 Å². The van der Waals surface area contributed by atoms with Crippen molar-refractivity contribution in [2.24, 2.45) is 5.41 Å². The Morgan fingerprint density at radius 3 is 2.50 bits per heavy atom. The number of nitrogens with zero attached hydrogens (tertiary/aromatic N) is 1. The van der Waals surface area contributed by atoms with Crippen molar-refractivity contribution in [3.05, 3.63) is 53.7 Å². The van der Waals surface area contributed by atoms with Crippen LogP contribution in [0.5, 0.6) is 11.6 Å². The maximum absolute atomic E-state index is 13.0. The van der Waals surface area contributed by atoms with Crippen molar-refractivity contribution >= 4 is 0 Å². The minimum atomic E-state index is -1.16. The van der Waals surface area contributed by atoms with E-state index in [-0.39, 0.29) is 11.3 Å². The van der Waals surface area contributed by atoms with Crippen LogP contribution in [0, 0.1) is 17.2 Å². The van der Waals surface area contributed by atoms with Gasteiger partial charge in [-0.05, 0) is 35.6 Å². The molecule has 0 amide bonds. The van der Waals surface area contributed by atoms with Crippen LogP contribution in [0.4, 0.5) is 8.78 Å². The lowest BCUT2D eigenvalue weighted by Crippen LogP contribution is -2.08. The maximum atomic E-state index is 13.0. The number of pyridine rings is 1. The van der Waals surface area contributed by atoms with Crippen LogP contribution in [-0.4, -0.2) is 4.98 Å². The van der Waals surface area contributed by atoms with Gasteiger partial charge in [-0.25, -0.2) is 4.39 Å². The molecule has 0 unspecified atom stereocenters. The molecule has 20 heavy (non-hydrogen) atoms. The lowest BCUT2D eigenvalue weighted by Gasteiger charge is -2.18. The largest absolute Gasteiger partial charge is 0.439 e. The molecule has 0 spiro atoms. The first-order valence-electron chi connectivity index (χ1n) is 6.42. The second-order valence-electron chi connectivity index (χ2n) is 5.91. The third kappa shape index (κ3) is 4.02. The fraction of sp³-hybridized carbons (Fsp3) is 0.312. The smallest absolute Gasteiger partial charge is 0.252 e. The maximum Gasteiger partial charge on any atom is 0.252 e. The molecule has 0 saturated heterocycles. The van der Waals surface area contributed by atoms with Crippen molar-refractivity contribution in [2.75, 3.05) is 0 Å². The second-order valence-corrected chi connectivity index (χ2v) is 5.91. The fourth-order valence-corrected chi connectivity index (χ4v) is 1.91. The number of hydrogen-bond acceptors (Lipinski definition) is 2. The number of aromatic nitrogens is 1. The zero-order valence-electron chi connectivity index (χ0n) is 11.8. The molecule has 1 aromatic carbocycles. The van der Waals surface area contributed by atoms with Crippen molar-refractivity contribution in [1.29, 1.82) is 0 Å². The summed E-state index contributed by atoms with van der Waals surface area (Å²) in [5, 5.41) is 0. The van der Waals surface area contributed by atoms with E-state index in [9.17, 15) is 8.78 Å². The number of hydrogen-bond donors (Lipinski definition) is 0. The van der Waals surface area contributed by atoms with Gasteiger partial charge in [0.1, 0.15) is 5.75 Å². The third-order valence-corrected chi connectivity index (χ3v) is 2.63. The Kier molecular flexibility index (Phi) is 4.02. The standard InChI is InChI=1S/C16H17F2NO/c1-16(2,3)10-11-5-4-6-12(9-11)20-14-8-7-13(17)15(18)19-14/h4-9H,10H2,1-3H3. The highest BCUT2D eigenvalue weighted by Gasteiger charge is 2.12. The van der Waals surface area contributed by atoms with Crippen LogP contribution in [-0.2, 0) is 6.42 Å². The summed E-state index contributed by atoms with van der Waals surface area (Å²) in [6.45, 7) is 6.45. The van der Waals surface area contributed by atoms with Crippen molar-refractivity contribution in [3.8, 4) is 11.6 Å². The van der Waals surface area contributed by atoms with Gasteiger partial charge in [0.25, 0.3) is 5.95 Å². The number of halogens is 2. The van der Waals surface area contributed by atoms with E-state index in [1.807, 2.05) is 18.2 Å². The summed E-state index contributed by atoms with van der Waals surface area (Å²) in [5.74, 6) is -1.55. The van der Waals surface area contributed by atoms with Crippen LogP contribution in [0.2, 0.25) is 0 Å². The van der Waals surface area contributed by atoms with Crippen LogP contribution < -0.4 is 4.74 Å². The molecule has 106 valence electrons. The molecular formula is C16H17F2NO. The zero-order chi connectivity index (χ0) is 14.8. The molecule has 1 aromatic heterocycles. The molecular weight excluding hydrogens is 260 g/mol. The van der Waals surface area contributed by atoms with E-state index in [4.69, 9.17) is 4.74 Å². The fourth-order valence-electron chi connectivity index (χ4n) is 1.91. The predicted molar refractivity (Wildman–Crippen MR) is 73.8 cm³/mol. The first kappa shape index (κ1) is 14.4. The van der Waals surface area contributed by atoms with Gasteiger partial charge in [-0.15, -0.1) is 0 Å². The molecule has 0 aliphatic rings. The summed E-state index contributed by atoms with van der Waals surface area (Å²) >= 11 is 0. The number of ether oxygens (including phenoxy) is 1. The third-order valence-electron chi connectivity index (χ3n) is 2.63. The predicted octanol–water partition coefficient (Wildman–Crippen LogP) is 4.74. The van der Waals surface area contributed by atoms with Crippen LogP contribution in [0.3, 0.4) is 0 Å². The molecule has 0 N–H and O–H groups in total. The first-order valence-corrected chi connectivity index (χ1v) is 6.42. The molecule has 4 heteroatoms. The SMILES string of the molecule is CC(C)(C)Cc1cccc(Oc2ccc(F)c(F)n2)c1. The van der Waals surface area contributed by atoms with E-state index in [1.54, 1.807) is 6.07 Å². The second kappa shape index (κ2) is 5.57. The summed E-state index contributed by atoms with van der Waals surface area (Å²) in [4.78, 5) is 3.41. The highest BCUT2D eigenvalue weighted by molar-refractivity contribution is 5.32. The normalized spacial score (nSPS) is 11.4. The number of benzene rings is 1. The molecule has 2 rings (SSSR count). The summed E-state index contributed by atoms with van der Waals surface area (Å²) in [5.41, 5.74) is 1.29. The molecule has 0 fully saturated rings. The van der Waals surface area contributed by atoms with Crippen LogP contribution in [0.1, 0.15) is 26.3 Å². The number of rotatable bonds is 3. The average Bonchev–Trinajstić information content (AvgIpc) is 2.32. The van der Waals surface area contributed by atoms with Crippen LogP contribution in [0.15, 0.2) is 36.4 Å². The van der Waals surface area contributed by atoms with E-state index in [1.165, 1.54) is 6.07 Å². The summed E-state index contributed by atoms with van der Waals surface area (Å²) in [6.07, 6.45) is 0.898. The molecule has 0 bridgehead atoms. The minimum Gasteiger partial charge on any atom is -0.439 e. The Labute approximate surface area is 117 Å². The highest BCUT2D eigenvalue weighted by atomic mass is 19.2. The molecule has 0 aliphatic carbocycles. The Hall–Kier alpha value is -1.97. The highest BCUT2D eigenvalue weighted by Crippen LogP contribution is 2.25. The van der Waals surface area contributed by atoms with Crippen LogP contribution in [0.25, 0.3) is 0 Å². The average molecular weight is 277 g/mol. The van der Waals surface area contributed by atoms with E-state index in [0.29, 0.717) is 5.75 Å². The van der Waals surface area contributed by atoms with E-state index in [2.05, 4.69) is 25.8 Å². The van der Waals surface area contributed by atoms with E-state index < -0.39 is 11.8 Å². The molecule has 2 nitrogen and oxygen atoms in total. The van der Waals surface area contributed by atoms with Gasteiger partial charge in [0.05, 0.1) is 0 Å². The molecule has 1 heterocycles. The molecule has 0 atom stereocenters. The van der Waals surface area contributed by atoms with Gasteiger partial charge in [0, 0.05) is 6.07 Å². The van der Waals surface area contributed by atoms with Gasteiger partial charge in [-0.3, -0.25) is 0 Å². The topological polar surface area (TPSA) is 22.1 Å². The Morgan fingerprint density at radius 2 is 1.85 bits per heavy atom. The van der Waals surface area contributed by atoms with Crippen molar-refractivity contribution in [2.45, 2.75) is 27.2 Å². The van der Waals surface area contributed by atoms with Crippen molar-refractivity contribution < 1.29 is 13.5 Å². The minimum absolute atomic E-state index is 0.0387. The first-order chi connectivity index (χ1) is 9.33. The molecule has 2 aromatic rings. The Morgan fingerprint density at radius 1 is 1.10 bits per heavy atom. The summed E-state index contributed by atoms with van der Waals surface area (Å²) in [6, 6.07) is 9.82. The van der Waals surface area contributed by atoms with E-state index in [0.717, 1.165) is 18.1 Å². The Balaban J connectivity index is 2.17. The van der Waals surface area contributed by atoms with Gasteiger partial charge in [0.15, 0.2) is 5.82 Å². The van der Waals surface area contributed by atoms with Crippen LogP contribution >= 0.6 is 0 Å². The van der Waals surface area contributed by atoms with Gasteiger partial charge < -0.3 is 4.74 Å². The monoisotopic (exact) mass is 277 g/mol. The lowest BCUT2D eigenvalue weighted by atomic mass is 9.88. The molecule has 0 radical (unpaired) electrons. The van der Waals surface area contributed by atoms with Crippen molar-refractivity contribution in [1.82, 2.24) is 4.98 Å². The Bertz CT molecular complexity index is 606. The van der Waals surface area contributed by atoms with Gasteiger partial charge >= 0.3 is 0 Å². The molecule has 0 aliphatic heterocycles. The van der Waals surface area contributed by atoms with E-state index >= 15 is 0 Å². The summed E-state index contributed by atoms with van der Waals surface area (Å²) in [7, 11) is 0. The quantitative estimate of drug-likeness (QED) is 0.756.